The number of hydrogen-bond donors (Lipinski definition) is 0. The molecule has 0 aliphatic carbocycles. The second-order valence-electron chi connectivity index (χ2n) is 3.34. The van der Waals surface area contributed by atoms with E-state index in [1.807, 2.05) is 36.4 Å². The summed E-state index contributed by atoms with van der Waals surface area (Å²) >= 11 is 13.5. The van der Waals surface area contributed by atoms with Crippen LogP contribution in [0.2, 0.25) is 10.0 Å². The van der Waals surface area contributed by atoms with Gasteiger partial charge >= 0.3 is 120 Å². The molecule has 0 spiro atoms. The van der Waals surface area contributed by atoms with E-state index in [0.29, 0.717) is 10.0 Å². The molecule has 0 heterocycles. The molecule has 0 saturated heterocycles. The molecule has 16 heavy (non-hydrogen) atoms. The molecule has 0 amide bonds. The molecule has 0 saturated carbocycles. The zero-order chi connectivity index (χ0) is 11.5. The monoisotopic (exact) mass is 324 g/mol. The van der Waals surface area contributed by atoms with Gasteiger partial charge in [-0.2, -0.15) is 0 Å². The predicted molar refractivity (Wildman–Crippen MR) is 66.1 cm³/mol. The maximum atomic E-state index is 6.20. The van der Waals surface area contributed by atoms with E-state index in [9.17, 15) is 0 Å². The molecule has 3 heteroatoms. The van der Waals surface area contributed by atoms with E-state index < -0.39 is 0 Å². The van der Waals surface area contributed by atoms with Crippen LogP contribution in [0.25, 0.3) is 0 Å². The quantitative estimate of drug-likeness (QED) is 0.779. The Kier molecular flexibility index (Phi) is 4.13. The standard InChI is InChI=1S/C13H8Cl2.Zr/c14-12-8-4-7-11(13(12)15)9-10-5-2-1-3-6-10;/h1-8H;/q;+2. The summed E-state index contributed by atoms with van der Waals surface area (Å²) in [5, 5.41) is 1.25. The molecule has 0 fully saturated rings. The Bertz CT molecular complexity index is 521. The van der Waals surface area contributed by atoms with Crippen molar-refractivity contribution in [2.24, 2.45) is 0 Å². The molecule has 0 bridgehead atoms. The summed E-state index contributed by atoms with van der Waals surface area (Å²) in [5.41, 5.74) is 2.23. The second-order valence-corrected chi connectivity index (χ2v) is 5.36. The average Bonchev–Trinajstić information content (AvgIpc) is 2.33. The molecular formula is C13H8Cl2Zr+2. The number of hydrogen-bond acceptors (Lipinski definition) is 0. The van der Waals surface area contributed by atoms with Gasteiger partial charge in [-0.05, 0) is 0 Å². The third-order valence-electron chi connectivity index (χ3n) is 2.28. The Morgan fingerprint density at radius 1 is 0.875 bits per heavy atom. The van der Waals surface area contributed by atoms with E-state index in [0.717, 1.165) is 5.56 Å². The summed E-state index contributed by atoms with van der Waals surface area (Å²) in [5.74, 6) is 0. The predicted octanol–water partition coefficient (Wildman–Crippen LogP) is 4.11. The average molecular weight is 326 g/mol. The fourth-order valence-electron chi connectivity index (χ4n) is 1.46. The Balaban J connectivity index is 2.46. The van der Waals surface area contributed by atoms with Gasteiger partial charge in [-0.3, -0.25) is 0 Å². The molecule has 2 aromatic carbocycles. The van der Waals surface area contributed by atoms with E-state index in [1.165, 1.54) is 33.0 Å². The van der Waals surface area contributed by atoms with Crippen LogP contribution in [-0.2, 0) is 24.2 Å². The molecular weight excluding hydrogens is 318 g/mol. The fraction of sp³-hybridized carbons (Fsp3) is 0. The first-order valence-electron chi connectivity index (χ1n) is 4.78. The minimum atomic E-state index is 0.606. The van der Waals surface area contributed by atoms with Crippen molar-refractivity contribution >= 4 is 26.4 Å². The van der Waals surface area contributed by atoms with Crippen LogP contribution in [0.4, 0.5) is 0 Å². The first-order chi connectivity index (χ1) is 7.70. The number of benzene rings is 2. The third-order valence-corrected chi connectivity index (χ3v) is 4.47. The van der Waals surface area contributed by atoms with Crippen molar-refractivity contribution in [3.05, 3.63) is 69.7 Å². The summed E-state index contributed by atoms with van der Waals surface area (Å²) in [4.78, 5) is 0. The Labute approximate surface area is 120 Å². The van der Waals surface area contributed by atoms with Crippen LogP contribution >= 0.6 is 23.2 Å². The normalized spacial score (nSPS) is 10.2. The summed E-state index contributed by atoms with van der Waals surface area (Å²) in [7, 11) is 0. The van der Waals surface area contributed by atoms with E-state index in [1.54, 1.807) is 0 Å². The van der Waals surface area contributed by atoms with Gasteiger partial charge in [0.15, 0.2) is 0 Å². The second kappa shape index (κ2) is 5.40. The summed E-state index contributed by atoms with van der Waals surface area (Å²) in [6, 6.07) is 16.0. The molecule has 2 rings (SSSR count). The molecule has 0 nitrogen and oxygen atoms in total. The van der Waals surface area contributed by atoms with Crippen molar-refractivity contribution in [1.82, 2.24) is 0 Å². The third kappa shape index (κ3) is 2.53. The van der Waals surface area contributed by atoms with Crippen molar-refractivity contribution in [2.75, 3.05) is 0 Å². The van der Waals surface area contributed by atoms with Gasteiger partial charge in [-0.15, -0.1) is 0 Å². The molecule has 0 aliphatic heterocycles. The Morgan fingerprint density at radius 3 is 2.25 bits per heavy atom. The molecule has 0 atom stereocenters. The summed E-state index contributed by atoms with van der Waals surface area (Å²) in [6.45, 7) is 0. The molecule has 2 aromatic rings. The van der Waals surface area contributed by atoms with Crippen LogP contribution in [0.5, 0.6) is 0 Å². The fourth-order valence-corrected chi connectivity index (χ4v) is 2.97. The van der Waals surface area contributed by atoms with E-state index in [2.05, 4.69) is 12.1 Å². The topological polar surface area (TPSA) is 0 Å². The van der Waals surface area contributed by atoms with Crippen LogP contribution in [0.3, 0.4) is 0 Å². The van der Waals surface area contributed by atoms with Crippen molar-refractivity contribution in [1.29, 1.82) is 0 Å². The zero-order valence-corrected chi connectivity index (χ0v) is 12.3. The SMILES string of the molecule is Clc1cccc([C](=[Zr+2])c2ccccc2)c1Cl. The first-order valence-corrected chi connectivity index (χ1v) is 6.77. The van der Waals surface area contributed by atoms with Crippen LogP contribution in [0, 0.1) is 0 Å². The molecule has 0 aliphatic rings. The first kappa shape index (κ1) is 12.2. The van der Waals surface area contributed by atoms with E-state index in [-0.39, 0.29) is 0 Å². The number of rotatable bonds is 2. The molecule has 0 unspecified atom stereocenters. The van der Waals surface area contributed by atoms with E-state index in [4.69, 9.17) is 23.2 Å². The minimum absolute atomic E-state index is 0.606. The van der Waals surface area contributed by atoms with Gasteiger partial charge < -0.3 is 0 Å². The molecule has 76 valence electrons. The van der Waals surface area contributed by atoms with Crippen molar-refractivity contribution < 1.29 is 24.2 Å². The van der Waals surface area contributed by atoms with E-state index >= 15 is 0 Å². The Hall–Kier alpha value is -0.227. The van der Waals surface area contributed by atoms with Gasteiger partial charge in [0, 0.05) is 0 Å². The molecule has 0 radical (unpaired) electrons. The van der Waals surface area contributed by atoms with Crippen molar-refractivity contribution in [3.8, 4) is 0 Å². The van der Waals surface area contributed by atoms with Crippen molar-refractivity contribution in [3.63, 3.8) is 0 Å². The van der Waals surface area contributed by atoms with Crippen LogP contribution < -0.4 is 0 Å². The summed E-state index contributed by atoms with van der Waals surface area (Å²) < 4.78 is 1.22. The maximum absolute atomic E-state index is 6.20. The van der Waals surface area contributed by atoms with Gasteiger partial charge in [-0.25, -0.2) is 0 Å². The van der Waals surface area contributed by atoms with Crippen LogP contribution in [-0.4, -0.2) is 3.21 Å². The van der Waals surface area contributed by atoms with Crippen LogP contribution in [0.15, 0.2) is 48.5 Å². The Morgan fingerprint density at radius 2 is 1.56 bits per heavy atom. The number of halogens is 2. The van der Waals surface area contributed by atoms with Gasteiger partial charge in [0.2, 0.25) is 0 Å². The van der Waals surface area contributed by atoms with Gasteiger partial charge in [0.1, 0.15) is 0 Å². The van der Waals surface area contributed by atoms with Gasteiger partial charge in [0.05, 0.1) is 0 Å². The molecule has 0 aromatic heterocycles. The van der Waals surface area contributed by atoms with Gasteiger partial charge in [0.25, 0.3) is 0 Å². The zero-order valence-electron chi connectivity index (χ0n) is 8.37. The summed E-state index contributed by atoms with van der Waals surface area (Å²) in [6.07, 6.45) is 0. The van der Waals surface area contributed by atoms with Gasteiger partial charge in [-0.1, -0.05) is 0 Å². The van der Waals surface area contributed by atoms with Crippen molar-refractivity contribution in [2.45, 2.75) is 0 Å². The van der Waals surface area contributed by atoms with Crippen LogP contribution in [0.1, 0.15) is 11.1 Å². The molecule has 0 N–H and O–H groups in total.